The van der Waals surface area contributed by atoms with E-state index >= 15 is 0 Å². The molecule has 94 valence electrons. The zero-order valence-electron chi connectivity index (χ0n) is 9.59. The van der Waals surface area contributed by atoms with Gasteiger partial charge in [-0.25, -0.2) is 4.79 Å². The first-order chi connectivity index (χ1) is 7.64. The second-order valence-electron chi connectivity index (χ2n) is 4.51. The zero-order valence-corrected chi connectivity index (χ0v) is 14.1. The van der Waals surface area contributed by atoms with Crippen molar-refractivity contribution in [1.82, 2.24) is 0 Å². The summed E-state index contributed by atoms with van der Waals surface area (Å²) in [6.07, 6.45) is -0.998. The van der Waals surface area contributed by atoms with Crippen LogP contribution in [0.3, 0.4) is 0 Å². The number of hydrogen-bond acceptors (Lipinski definition) is 1. The van der Waals surface area contributed by atoms with Crippen LogP contribution < -0.4 is 4.90 Å². The molecular weight excluding hydrogens is 420 g/mol. The SMILES string of the molecule is CC(C)(C)N(C(=O)O)c1cc(Cl)c(I)c(Br)c1. The van der Waals surface area contributed by atoms with Gasteiger partial charge in [0.15, 0.2) is 0 Å². The smallest absolute Gasteiger partial charge is 0.412 e. The van der Waals surface area contributed by atoms with E-state index < -0.39 is 11.6 Å². The van der Waals surface area contributed by atoms with Gasteiger partial charge in [-0.3, -0.25) is 4.90 Å². The summed E-state index contributed by atoms with van der Waals surface area (Å²) in [6, 6.07) is 3.42. The summed E-state index contributed by atoms with van der Waals surface area (Å²) >= 11 is 11.5. The standard InChI is InChI=1S/C11H12BrClINO2/c1-11(2,3)15(10(16)17)6-4-7(12)9(14)8(13)5-6/h4-5H,1-3H3,(H,16,17). The molecule has 0 saturated heterocycles. The van der Waals surface area contributed by atoms with Crippen LogP contribution in [-0.2, 0) is 0 Å². The van der Waals surface area contributed by atoms with Gasteiger partial charge in [-0.05, 0) is 71.4 Å². The molecule has 0 saturated carbocycles. The maximum Gasteiger partial charge on any atom is 0.412 e. The second kappa shape index (κ2) is 5.32. The van der Waals surface area contributed by atoms with E-state index in [1.54, 1.807) is 12.1 Å². The van der Waals surface area contributed by atoms with Crippen molar-refractivity contribution < 1.29 is 9.90 Å². The molecule has 0 aromatic heterocycles. The van der Waals surface area contributed by atoms with Crippen LogP contribution in [0.4, 0.5) is 10.5 Å². The third-order valence-corrected chi connectivity index (χ3v) is 5.23. The molecule has 1 amide bonds. The molecule has 3 nitrogen and oxygen atoms in total. The van der Waals surface area contributed by atoms with E-state index in [0.717, 1.165) is 8.04 Å². The molecule has 6 heteroatoms. The van der Waals surface area contributed by atoms with E-state index in [2.05, 4.69) is 38.5 Å². The number of hydrogen-bond donors (Lipinski definition) is 1. The summed E-state index contributed by atoms with van der Waals surface area (Å²) in [7, 11) is 0. The van der Waals surface area contributed by atoms with Gasteiger partial charge in [0, 0.05) is 13.6 Å². The highest BCUT2D eigenvalue weighted by Gasteiger charge is 2.28. The molecule has 0 fully saturated rings. The average molecular weight is 432 g/mol. The lowest BCUT2D eigenvalue weighted by atomic mass is 10.1. The molecule has 0 aliphatic carbocycles. The first-order valence-corrected chi connectivity index (χ1v) is 7.07. The van der Waals surface area contributed by atoms with E-state index in [9.17, 15) is 9.90 Å². The zero-order chi connectivity index (χ0) is 13.4. The van der Waals surface area contributed by atoms with Gasteiger partial charge in [0.25, 0.3) is 0 Å². The van der Waals surface area contributed by atoms with Crippen molar-refractivity contribution in [2.45, 2.75) is 26.3 Å². The predicted octanol–water partition coefficient (Wildman–Crippen LogP) is 4.99. The summed E-state index contributed by atoms with van der Waals surface area (Å²) < 4.78 is 1.66. The maximum atomic E-state index is 11.3. The van der Waals surface area contributed by atoms with Crippen molar-refractivity contribution in [2.24, 2.45) is 0 Å². The van der Waals surface area contributed by atoms with Crippen LogP contribution in [0.15, 0.2) is 16.6 Å². The van der Waals surface area contributed by atoms with E-state index in [0.29, 0.717) is 10.7 Å². The number of anilines is 1. The van der Waals surface area contributed by atoms with Gasteiger partial charge < -0.3 is 5.11 Å². The monoisotopic (exact) mass is 431 g/mol. The van der Waals surface area contributed by atoms with Crippen LogP contribution in [-0.4, -0.2) is 16.7 Å². The van der Waals surface area contributed by atoms with E-state index in [1.165, 1.54) is 4.90 Å². The minimum Gasteiger partial charge on any atom is -0.465 e. The molecule has 0 spiro atoms. The highest BCUT2D eigenvalue weighted by molar-refractivity contribution is 14.1. The van der Waals surface area contributed by atoms with Gasteiger partial charge in [-0.15, -0.1) is 0 Å². The Morgan fingerprint density at radius 2 is 2.00 bits per heavy atom. The van der Waals surface area contributed by atoms with Gasteiger partial charge in [0.05, 0.1) is 10.7 Å². The molecule has 0 aliphatic rings. The third kappa shape index (κ3) is 3.48. The predicted molar refractivity (Wildman–Crippen MR) is 82.1 cm³/mol. The Kier molecular flexibility index (Phi) is 4.71. The van der Waals surface area contributed by atoms with Gasteiger partial charge in [-0.1, -0.05) is 11.6 Å². The Morgan fingerprint density at radius 3 is 2.35 bits per heavy atom. The van der Waals surface area contributed by atoms with Crippen molar-refractivity contribution >= 4 is 61.9 Å². The number of carbonyl (C=O) groups is 1. The largest absolute Gasteiger partial charge is 0.465 e. The van der Waals surface area contributed by atoms with Gasteiger partial charge in [-0.2, -0.15) is 0 Å². The molecule has 1 rings (SSSR count). The van der Waals surface area contributed by atoms with E-state index in [4.69, 9.17) is 11.6 Å². The van der Waals surface area contributed by atoms with Crippen LogP contribution in [0.5, 0.6) is 0 Å². The third-order valence-electron chi connectivity index (χ3n) is 2.09. The van der Waals surface area contributed by atoms with Crippen LogP contribution in [0.2, 0.25) is 5.02 Å². The van der Waals surface area contributed by atoms with Crippen LogP contribution in [0.1, 0.15) is 20.8 Å². The summed E-state index contributed by atoms with van der Waals surface area (Å²) in [5.41, 5.74) is 0.0313. The Labute approximate surface area is 127 Å². The van der Waals surface area contributed by atoms with Crippen molar-refractivity contribution in [3.8, 4) is 0 Å². The number of benzene rings is 1. The van der Waals surface area contributed by atoms with Crippen LogP contribution in [0, 0.1) is 3.57 Å². The van der Waals surface area contributed by atoms with Crippen molar-refractivity contribution in [3.05, 3.63) is 25.2 Å². The van der Waals surface area contributed by atoms with Gasteiger partial charge in [0.1, 0.15) is 0 Å². The Balaban J connectivity index is 3.35. The van der Waals surface area contributed by atoms with Gasteiger partial charge >= 0.3 is 6.09 Å². The van der Waals surface area contributed by atoms with Crippen molar-refractivity contribution in [1.29, 1.82) is 0 Å². The number of carboxylic acid groups (broad SMARTS) is 1. The molecule has 0 heterocycles. The fraction of sp³-hybridized carbons (Fsp3) is 0.364. The number of halogens is 3. The molecule has 1 aromatic rings. The fourth-order valence-corrected chi connectivity index (χ4v) is 2.54. The first kappa shape index (κ1) is 15.0. The minimum atomic E-state index is -0.998. The van der Waals surface area contributed by atoms with Crippen LogP contribution in [0.25, 0.3) is 0 Å². The lowest BCUT2D eigenvalue weighted by Gasteiger charge is -2.33. The van der Waals surface area contributed by atoms with E-state index in [-0.39, 0.29) is 0 Å². The molecule has 0 aliphatic heterocycles. The van der Waals surface area contributed by atoms with Gasteiger partial charge in [0.2, 0.25) is 0 Å². The molecule has 0 atom stereocenters. The summed E-state index contributed by atoms with van der Waals surface area (Å²) in [6.45, 7) is 5.50. The number of nitrogens with zero attached hydrogens (tertiary/aromatic N) is 1. The fourth-order valence-electron chi connectivity index (χ4n) is 1.46. The Morgan fingerprint density at radius 1 is 1.47 bits per heavy atom. The van der Waals surface area contributed by atoms with E-state index in [1.807, 2.05) is 20.8 Å². The maximum absolute atomic E-state index is 11.3. The number of amides is 1. The lowest BCUT2D eigenvalue weighted by molar-refractivity contribution is 0.195. The highest BCUT2D eigenvalue weighted by atomic mass is 127. The van der Waals surface area contributed by atoms with Crippen molar-refractivity contribution in [3.63, 3.8) is 0 Å². The highest BCUT2D eigenvalue weighted by Crippen LogP contribution is 2.34. The second-order valence-corrected chi connectivity index (χ2v) is 6.85. The summed E-state index contributed by atoms with van der Waals surface area (Å²) in [4.78, 5) is 12.6. The molecule has 0 bridgehead atoms. The summed E-state index contributed by atoms with van der Waals surface area (Å²) in [5.74, 6) is 0. The Bertz CT molecular complexity index is 436. The quantitative estimate of drug-likeness (QED) is 0.502. The first-order valence-electron chi connectivity index (χ1n) is 4.82. The van der Waals surface area contributed by atoms with Crippen molar-refractivity contribution in [2.75, 3.05) is 4.90 Å². The Hall–Kier alpha value is -0.0100. The molecule has 1 N–H and O–H groups in total. The molecule has 17 heavy (non-hydrogen) atoms. The lowest BCUT2D eigenvalue weighted by Crippen LogP contribution is -2.45. The summed E-state index contributed by atoms with van der Waals surface area (Å²) in [5, 5.41) is 9.81. The normalized spacial score (nSPS) is 11.4. The molecular formula is C11H12BrClINO2. The topological polar surface area (TPSA) is 40.5 Å². The molecule has 1 aromatic carbocycles. The molecule has 0 unspecified atom stereocenters. The number of rotatable bonds is 1. The average Bonchev–Trinajstić information content (AvgIpc) is 2.10. The minimum absolute atomic E-state index is 0.526. The molecule has 0 radical (unpaired) electrons. The van der Waals surface area contributed by atoms with Crippen LogP contribution >= 0.6 is 50.1 Å².